The average Bonchev–Trinajstić information content (AvgIpc) is 3.02. The van der Waals surface area contributed by atoms with Gasteiger partial charge in [-0.25, -0.2) is 18.2 Å². The molecule has 1 aromatic rings. The molecule has 11 heteroatoms. The van der Waals surface area contributed by atoms with Gasteiger partial charge in [-0.05, 0) is 13.8 Å². The second kappa shape index (κ2) is 9.21. The Labute approximate surface area is 144 Å². The first-order valence-electron chi connectivity index (χ1n) is 6.81. The molecule has 1 amide bonds. The van der Waals surface area contributed by atoms with Crippen LogP contribution in [-0.2, 0) is 14.6 Å². The van der Waals surface area contributed by atoms with E-state index in [-0.39, 0.29) is 23.9 Å². The first-order chi connectivity index (χ1) is 10.9. The van der Waals surface area contributed by atoms with E-state index in [1.807, 2.05) is 0 Å². The molecule has 0 spiro atoms. The van der Waals surface area contributed by atoms with Crippen molar-refractivity contribution in [3.8, 4) is 0 Å². The second-order valence-corrected chi connectivity index (χ2v) is 7.05. The molecular formula is C12H18Cl2N4O4S. The summed E-state index contributed by atoms with van der Waals surface area (Å²) in [6.45, 7) is 4.39. The quantitative estimate of drug-likeness (QED) is 0.633. The Bertz CT molecular complexity index is 660. The van der Waals surface area contributed by atoms with Gasteiger partial charge in [-0.1, -0.05) is 23.2 Å². The molecule has 0 saturated carbocycles. The standard InChI is InChI=1S/C12H18Cl2N4O4S/c1-3-17(8-10(14)7-13)12(19)18-9-15-11(16-18)23(20,21)6-5-22-4-2/h7,9H,3-6,8H2,1-2H3. The van der Waals surface area contributed by atoms with E-state index >= 15 is 0 Å². The predicted molar refractivity (Wildman–Crippen MR) is 86.4 cm³/mol. The molecule has 130 valence electrons. The molecule has 0 aliphatic rings. The first-order valence-corrected chi connectivity index (χ1v) is 9.28. The van der Waals surface area contributed by atoms with E-state index in [9.17, 15) is 13.2 Å². The number of sulfone groups is 1. The van der Waals surface area contributed by atoms with E-state index in [4.69, 9.17) is 27.9 Å². The van der Waals surface area contributed by atoms with Gasteiger partial charge in [-0.3, -0.25) is 0 Å². The van der Waals surface area contributed by atoms with Gasteiger partial charge in [0.25, 0.3) is 5.16 Å². The summed E-state index contributed by atoms with van der Waals surface area (Å²) in [6.07, 6.45) is 1.05. The van der Waals surface area contributed by atoms with Crippen molar-refractivity contribution in [2.75, 3.05) is 32.1 Å². The van der Waals surface area contributed by atoms with Crippen LogP contribution in [0.15, 0.2) is 22.1 Å². The van der Waals surface area contributed by atoms with Crippen LogP contribution in [0.25, 0.3) is 0 Å². The fourth-order valence-electron chi connectivity index (χ4n) is 1.56. The molecule has 0 unspecified atom stereocenters. The monoisotopic (exact) mass is 384 g/mol. The van der Waals surface area contributed by atoms with Gasteiger partial charge < -0.3 is 9.64 Å². The van der Waals surface area contributed by atoms with Crippen LogP contribution in [0.2, 0.25) is 0 Å². The maximum absolute atomic E-state index is 12.3. The normalized spacial score (nSPS) is 12.4. The van der Waals surface area contributed by atoms with Gasteiger partial charge in [0.1, 0.15) is 6.33 Å². The molecule has 1 aromatic heterocycles. The van der Waals surface area contributed by atoms with Crippen molar-refractivity contribution in [1.29, 1.82) is 0 Å². The molecule has 0 fully saturated rings. The van der Waals surface area contributed by atoms with Crippen molar-refractivity contribution < 1.29 is 17.9 Å². The van der Waals surface area contributed by atoms with E-state index in [1.54, 1.807) is 13.8 Å². The zero-order chi connectivity index (χ0) is 17.5. The molecule has 0 saturated heterocycles. The van der Waals surface area contributed by atoms with Crippen LogP contribution >= 0.6 is 23.2 Å². The molecule has 1 rings (SSSR count). The Hall–Kier alpha value is -1.16. The third-order valence-electron chi connectivity index (χ3n) is 2.76. The van der Waals surface area contributed by atoms with Gasteiger partial charge in [-0.15, -0.1) is 5.10 Å². The lowest BCUT2D eigenvalue weighted by atomic mass is 10.5. The average molecular weight is 385 g/mol. The minimum absolute atomic E-state index is 0.0402. The smallest absolute Gasteiger partial charge is 0.346 e. The van der Waals surface area contributed by atoms with Crippen LogP contribution in [0.1, 0.15) is 13.8 Å². The number of nitrogens with zero attached hydrogens (tertiary/aromatic N) is 4. The van der Waals surface area contributed by atoms with Crippen molar-refractivity contribution >= 4 is 39.1 Å². The highest BCUT2D eigenvalue weighted by Gasteiger charge is 2.23. The van der Waals surface area contributed by atoms with Gasteiger partial charge in [0, 0.05) is 23.7 Å². The highest BCUT2D eigenvalue weighted by Crippen LogP contribution is 2.09. The molecule has 0 aromatic carbocycles. The zero-order valence-corrected chi connectivity index (χ0v) is 15.1. The summed E-state index contributed by atoms with van der Waals surface area (Å²) >= 11 is 11.3. The van der Waals surface area contributed by atoms with Crippen LogP contribution in [0.3, 0.4) is 0 Å². The van der Waals surface area contributed by atoms with Crippen LogP contribution < -0.4 is 0 Å². The summed E-state index contributed by atoms with van der Waals surface area (Å²) in [4.78, 5) is 17.3. The van der Waals surface area contributed by atoms with E-state index < -0.39 is 21.0 Å². The number of rotatable bonds is 8. The lowest BCUT2D eigenvalue weighted by molar-refractivity contribution is 0.163. The molecule has 0 bridgehead atoms. The van der Waals surface area contributed by atoms with Crippen molar-refractivity contribution in [3.05, 3.63) is 16.9 Å². The van der Waals surface area contributed by atoms with Crippen LogP contribution in [0.4, 0.5) is 4.79 Å². The van der Waals surface area contributed by atoms with E-state index in [1.165, 1.54) is 4.90 Å². The molecule has 8 nitrogen and oxygen atoms in total. The van der Waals surface area contributed by atoms with Crippen molar-refractivity contribution in [2.24, 2.45) is 0 Å². The number of carbonyl (C=O) groups excluding carboxylic acids is 1. The predicted octanol–water partition coefficient (Wildman–Crippen LogP) is 1.70. The number of hydrogen-bond donors (Lipinski definition) is 0. The number of carbonyl (C=O) groups is 1. The summed E-state index contributed by atoms with van der Waals surface area (Å²) < 4.78 is 29.9. The molecular weight excluding hydrogens is 367 g/mol. The van der Waals surface area contributed by atoms with E-state index in [2.05, 4.69) is 10.1 Å². The second-order valence-electron chi connectivity index (χ2n) is 4.34. The third-order valence-corrected chi connectivity index (χ3v) is 4.81. The Balaban J connectivity index is 2.87. The fraction of sp³-hybridized carbons (Fsp3) is 0.583. The number of halogens is 2. The summed E-state index contributed by atoms with van der Waals surface area (Å²) in [5, 5.41) is 3.59. The van der Waals surface area contributed by atoms with Gasteiger partial charge in [0.05, 0.1) is 18.9 Å². The lowest BCUT2D eigenvalue weighted by Crippen LogP contribution is -2.36. The van der Waals surface area contributed by atoms with Gasteiger partial charge in [0.15, 0.2) is 0 Å². The molecule has 0 aliphatic heterocycles. The highest BCUT2D eigenvalue weighted by molar-refractivity contribution is 7.91. The highest BCUT2D eigenvalue weighted by atomic mass is 35.5. The number of likely N-dealkylation sites (N-methyl/N-ethyl adjacent to an activating group) is 1. The minimum Gasteiger partial charge on any atom is -0.381 e. The molecule has 0 atom stereocenters. The van der Waals surface area contributed by atoms with Crippen LogP contribution in [0.5, 0.6) is 0 Å². The van der Waals surface area contributed by atoms with Crippen molar-refractivity contribution in [3.63, 3.8) is 0 Å². The van der Waals surface area contributed by atoms with Gasteiger partial charge in [-0.2, -0.15) is 4.68 Å². The Morgan fingerprint density at radius 3 is 2.74 bits per heavy atom. The molecule has 0 radical (unpaired) electrons. The van der Waals surface area contributed by atoms with Gasteiger partial charge in [0.2, 0.25) is 9.84 Å². The number of ether oxygens (including phenoxy) is 1. The number of aromatic nitrogens is 3. The Morgan fingerprint density at radius 2 is 2.17 bits per heavy atom. The topological polar surface area (TPSA) is 94.4 Å². The largest absolute Gasteiger partial charge is 0.381 e. The Kier molecular flexibility index (Phi) is 7.97. The van der Waals surface area contributed by atoms with E-state index in [0.717, 1.165) is 16.5 Å². The molecule has 1 heterocycles. The van der Waals surface area contributed by atoms with Crippen LogP contribution in [-0.4, -0.2) is 66.2 Å². The number of hydrogen-bond acceptors (Lipinski definition) is 6. The molecule has 23 heavy (non-hydrogen) atoms. The van der Waals surface area contributed by atoms with Crippen molar-refractivity contribution in [2.45, 2.75) is 19.0 Å². The lowest BCUT2D eigenvalue weighted by Gasteiger charge is -2.19. The first kappa shape index (κ1) is 19.9. The van der Waals surface area contributed by atoms with Crippen LogP contribution in [0, 0.1) is 0 Å². The molecule has 0 N–H and O–H groups in total. The summed E-state index contributed by atoms with van der Waals surface area (Å²) in [5.74, 6) is -0.253. The van der Waals surface area contributed by atoms with Gasteiger partial charge >= 0.3 is 6.03 Å². The summed E-state index contributed by atoms with van der Waals surface area (Å²) in [7, 11) is -3.70. The minimum atomic E-state index is -3.70. The van der Waals surface area contributed by atoms with Crippen molar-refractivity contribution in [1.82, 2.24) is 19.7 Å². The summed E-state index contributed by atoms with van der Waals surface area (Å²) in [6, 6.07) is -0.553. The Morgan fingerprint density at radius 1 is 1.48 bits per heavy atom. The third kappa shape index (κ3) is 5.76. The SMILES string of the molecule is CCOCCS(=O)(=O)c1ncn(C(=O)N(CC)CC(Cl)=CCl)n1. The maximum Gasteiger partial charge on any atom is 0.346 e. The maximum atomic E-state index is 12.3. The molecule has 0 aliphatic carbocycles. The number of amides is 1. The zero-order valence-electron chi connectivity index (χ0n) is 12.8. The van der Waals surface area contributed by atoms with E-state index in [0.29, 0.717) is 13.2 Å². The summed E-state index contributed by atoms with van der Waals surface area (Å²) in [5.41, 5.74) is 1.16. The fourth-order valence-corrected chi connectivity index (χ4v) is 2.72.